The lowest BCUT2D eigenvalue weighted by Gasteiger charge is -2.16. The summed E-state index contributed by atoms with van der Waals surface area (Å²) in [5.41, 5.74) is 9.28. The van der Waals surface area contributed by atoms with Crippen molar-refractivity contribution in [3.05, 3.63) is 29.6 Å². The molecule has 1 aromatic rings. The summed E-state index contributed by atoms with van der Waals surface area (Å²) >= 11 is 0. The van der Waals surface area contributed by atoms with Gasteiger partial charge in [0.15, 0.2) is 0 Å². The molecule has 0 unspecified atom stereocenters. The van der Waals surface area contributed by atoms with Crippen LogP contribution in [-0.2, 0) is 0 Å². The maximum atomic E-state index is 13.2. The highest BCUT2D eigenvalue weighted by molar-refractivity contribution is 5.98. The normalized spacial score (nSPS) is 11.3. The van der Waals surface area contributed by atoms with Crippen LogP contribution < -0.4 is 16.8 Å². The van der Waals surface area contributed by atoms with Crippen LogP contribution in [0.5, 0.6) is 0 Å². The number of anilines is 1. The SMILES string of the molecule is NCC(F)(F)CNc1cccc(F)c1C(N)=O. The zero-order chi connectivity index (χ0) is 13.1. The number of carbonyl (C=O) groups is 1. The van der Waals surface area contributed by atoms with Gasteiger partial charge in [-0.2, -0.15) is 0 Å². The standard InChI is InChI=1S/C10H12F3N3O/c11-6-2-1-3-7(8(6)9(15)17)16-5-10(12,13)4-14/h1-3,16H,4-5,14H2,(H2,15,17). The minimum Gasteiger partial charge on any atom is -0.378 e. The van der Waals surface area contributed by atoms with Crippen molar-refractivity contribution in [2.45, 2.75) is 5.92 Å². The molecule has 0 fully saturated rings. The second kappa shape index (κ2) is 5.05. The molecule has 94 valence electrons. The Labute approximate surface area is 95.8 Å². The van der Waals surface area contributed by atoms with Crippen molar-refractivity contribution < 1.29 is 18.0 Å². The molecule has 0 atom stereocenters. The van der Waals surface area contributed by atoms with Gasteiger partial charge >= 0.3 is 0 Å². The molecule has 1 amide bonds. The molecule has 0 radical (unpaired) electrons. The Morgan fingerprint density at radius 3 is 2.59 bits per heavy atom. The number of amides is 1. The lowest BCUT2D eigenvalue weighted by Crippen LogP contribution is -2.35. The van der Waals surface area contributed by atoms with E-state index in [1.54, 1.807) is 0 Å². The summed E-state index contributed by atoms with van der Waals surface area (Å²) in [5, 5.41) is 2.26. The average molecular weight is 247 g/mol. The second-order valence-corrected chi connectivity index (χ2v) is 3.44. The third-order valence-corrected chi connectivity index (χ3v) is 2.10. The third kappa shape index (κ3) is 3.35. The summed E-state index contributed by atoms with van der Waals surface area (Å²) in [4.78, 5) is 11.0. The number of hydrogen-bond acceptors (Lipinski definition) is 3. The molecule has 5 N–H and O–H groups in total. The van der Waals surface area contributed by atoms with Crippen LogP contribution in [-0.4, -0.2) is 24.9 Å². The van der Waals surface area contributed by atoms with Gasteiger partial charge in [0.25, 0.3) is 11.8 Å². The topological polar surface area (TPSA) is 81.1 Å². The average Bonchev–Trinajstić information content (AvgIpc) is 2.26. The molecular weight excluding hydrogens is 235 g/mol. The largest absolute Gasteiger partial charge is 0.378 e. The van der Waals surface area contributed by atoms with Crippen molar-refractivity contribution >= 4 is 11.6 Å². The predicted molar refractivity (Wildman–Crippen MR) is 57.4 cm³/mol. The molecular formula is C10H12F3N3O. The van der Waals surface area contributed by atoms with Crippen molar-refractivity contribution in [3.8, 4) is 0 Å². The minimum atomic E-state index is -3.14. The van der Waals surface area contributed by atoms with Crippen LogP contribution in [0.1, 0.15) is 10.4 Å². The van der Waals surface area contributed by atoms with E-state index in [4.69, 9.17) is 11.5 Å². The predicted octanol–water partition coefficient (Wildman–Crippen LogP) is 0.930. The van der Waals surface area contributed by atoms with E-state index in [2.05, 4.69) is 5.32 Å². The van der Waals surface area contributed by atoms with Crippen molar-refractivity contribution in [3.63, 3.8) is 0 Å². The van der Waals surface area contributed by atoms with Crippen LogP contribution in [0, 0.1) is 5.82 Å². The van der Waals surface area contributed by atoms with Gasteiger partial charge in [0, 0.05) is 0 Å². The summed E-state index contributed by atoms with van der Waals surface area (Å²) in [5.74, 6) is -5.03. The molecule has 1 aromatic carbocycles. The van der Waals surface area contributed by atoms with Gasteiger partial charge in [0.1, 0.15) is 5.82 Å². The van der Waals surface area contributed by atoms with E-state index in [0.717, 1.165) is 6.07 Å². The van der Waals surface area contributed by atoms with Crippen molar-refractivity contribution in [2.24, 2.45) is 11.5 Å². The summed E-state index contributed by atoms with van der Waals surface area (Å²) in [7, 11) is 0. The Kier molecular flexibility index (Phi) is 3.95. The lowest BCUT2D eigenvalue weighted by atomic mass is 10.1. The van der Waals surface area contributed by atoms with Crippen molar-refractivity contribution in [1.82, 2.24) is 0 Å². The number of benzene rings is 1. The third-order valence-electron chi connectivity index (χ3n) is 2.10. The van der Waals surface area contributed by atoms with E-state index in [-0.39, 0.29) is 5.69 Å². The minimum absolute atomic E-state index is 0.0781. The van der Waals surface area contributed by atoms with Crippen LogP contribution in [0.4, 0.5) is 18.9 Å². The highest BCUT2D eigenvalue weighted by atomic mass is 19.3. The number of nitrogens with two attached hydrogens (primary N) is 2. The highest BCUT2D eigenvalue weighted by Gasteiger charge is 2.27. The first-order chi connectivity index (χ1) is 7.87. The molecule has 0 saturated heterocycles. The van der Waals surface area contributed by atoms with Gasteiger partial charge in [-0.3, -0.25) is 4.79 Å². The molecule has 0 heterocycles. The smallest absolute Gasteiger partial charge is 0.276 e. The fourth-order valence-electron chi connectivity index (χ4n) is 1.22. The lowest BCUT2D eigenvalue weighted by molar-refractivity contribution is 0.0253. The first-order valence-corrected chi connectivity index (χ1v) is 4.77. The van der Waals surface area contributed by atoms with Gasteiger partial charge in [0.05, 0.1) is 24.3 Å². The number of rotatable bonds is 5. The Balaban J connectivity index is 2.92. The van der Waals surface area contributed by atoms with E-state index in [0.29, 0.717) is 0 Å². The van der Waals surface area contributed by atoms with Gasteiger partial charge < -0.3 is 16.8 Å². The molecule has 17 heavy (non-hydrogen) atoms. The van der Waals surface area contributed by atoms with E-state index in [1.165, 1.54) is 12.1 Å². The maximum Gasteiger partial charge on any atom is 0.276 e. The maximum absolute atomic E-state index is 13.2. The summed E-state index contributed by atoms with van der Waals surface area (Å²) in [6, 6.07) is 3.59. The Morgan fingerprint density at radius 1 is 1.41 bits per heavy atom. The molecule has 7 heteroatoms. The second-order valence-electron chi connectivity index (χ2n) is 3.44. The van der Waals surface area contributed by atoms with E-state index in [1.807, 2.05) is 0 Å². The molecule has 4 nitrogen and oxygen atoms in total. The molecule has 0 saturated carbocycles. The Morgan fingerprint density at radius 2 is 2.06 bits per heavy atom. The van der Waals surface area contributed by atoms with Gasteiger partial charge in [-0.1, -0.05) is 6.07 Å². The number of hydrogen-bond donors (Lipinski definition) is 3. The Hall–Kier alpha value is -1.76. The number of nitrogens with one attached hydrogen (secondary N) is 1. The zero-order valence-electron chi connectivity index (χ0n) is 8.84. The van der Waals surface area contributed by atoms with Gasteiger partial charge in [0.2, 0.25) is 0 Å². The summed E-state index contributed by atoms with van der Waals surface area (Å²) in [6.45, 7) is -1.64. The molecule has 0 aliphatic carbocycles. The quantitative estimate of drug-likeness (QED) is 0.724. The fourth-order valence-corrected chi connectivity index (χ4v) is 1.22. The molecule has 0 aromatic heterocycles. The molecule has 0 spiro atoms. The molecule has 0 bridgehead atoms. The van der Waals surface area contributed by atoms with E-state index < -0.39 is 36.3 Å². The number of alkyl halides is 2. The van der Waals surface area contributed by atoms with E-state index >= 15 is 0 Å². The van der Waals surface area contributed by atoms with Gasteiger partial charge in [-0.15, -0.1) is 0 Å². The van der Waals surface area contributed by atoms with E-state index in [9.17, 15) is 18.0 Å². The summed E-state index contributed by atoms with van der Waals surface area (Å²) < 4.78 is 39.0. The van der Waals surface area contributed by atoms with Crippen molar-refractivity contribution in [2.75, 3.05) is 18.4 Å². The molecule has 0 aliphatic rings. The number of primary amides is 1. The van der Waals surface area contributed by atoms with Gasteiger partial charge in [-0.25, -0.2) is 13.2 Å². The number of carbonyl (C=O) groups excluding carboxylic acids is 1. The van der Waals surface area contributed by atoms with Crippen LogP contribution in [0.3, 0.4) is 0 Å². The first-order valence-electron chi connectivity index (χ1n) is 4.77. The van der Waals surface area contributed by atoms with Crippen LogP contribution in [0.2, 0.25) is 0 Å². The van der Waals surface area contributed by atoms with Crippen molar-refractivity contribution in [1.29, 1.82) is 0 Å². The zero-order valence-corrected chi connectivity index (χ0v) is 8.84. The first kappa shape index (κ1) is 13.3. The van der Waals surface area contributed by atoms with Crippen LogP contribution in [0.15, 0.2) is 18.2 Å². The van der Waals surface area contributed by atoms with Gasteiger partial charge in [-0.05, 0) is 12.1 Å². The number of halogens is 3. The fraction of sp³-hybridized carbons (Fsp3) is 0.300. The van der Waals surface area contributed by atoms with Crippen LogP contribution in [0.25, 0.3) is 0 Å². The Bertz CT molecular complexity index is 423. The summed E-state index contributed by atoms with van der Waals surface area (Å²) in [6.07, 6.45) is 0. The molecule has 0 aliphatic heterocycles. The monoisotopic (exact) mass is 247 g/mol. The highest BCUT2D eigenvalue weighted by Crippen LogP contribution is 2.20. The molecule has 1 rings (SSSR count). The van der Waals surface area contributed by atoms with Crippen LogP contribution >= 0.6 is 0 Å².